The Morgan fingerprint density at radius 3 is 2.97 bits per heavy atom. The molecule has 5 rings (SSSR count). The normalized spacial score (nSPS) is 25.2. The third kappa shape index (κ3) is 2.75. The van der Waals surface area contributed by atoms with Crippen molar-refractivity contribution in [2.24, 2.45) is 5.41 Å². The fourth-order valence-electron chi connectivity index (χ4n) is 5.33. The van der Waals surface area contributed by atoms with Crippen molar-refractivity contribution in [3.05, 3.63) is 46.3 Å². The first-order valence-electron chi connectivity index (χ1n) is 10.3. The standard InChI is InChI=1S/C21H24N6O2S/c1-3-22-20(29)21(8-14-11-30-12-24-14)9-15-4-5-17(21)26(15)19(28)16-10-23-18-6-7-25-27(18)13(16)2/h6-7,10-12,15,17H,3-5,8-9H2,1-2H3,(H,22,29)/t15-,17+,21+/m1/s1. The van der Waals surface area contributed by atoms with E-state index in [1.807, 2.05) is 30.2 Å². The lowest BCUT2D eigenvalue weighted by Crippen LogP contribution is -2.51. The molecule has 1 N–H and O–H groups in total. The predicted octanol–water partition coefficient (Wildman–Crippen LogP) is 2.24. The molecular weight excluding hydrogens is 400 g/mol. The SMILES string of the molecule is CCNC(=O)[C@@]1(Cc2cscn2)C[C@H]2CC[C@@H]1N2C(=O)c1cnc2ccnn2c1C. The molecule has 0 aliphatic carbocycles. The molecule has 0 aromatic carbocycles. The smallest absolute Gasteiger partial charge is 0.257 e. The monoisotopic (exact) mass is 424 g/mol. The molecule has 3 aromatic rings. The Kier molecular flexibility index (Phi) is 4.57. The van der Waals surface area contributed by atoms with E-state index in [9.17, 15) is 9.59 Å². The summed E-state index contributed by atoms with van der Waals surface area (Å²) >= 11 is 1.53. The molecule has 8 nitrogen and oxygen atoms in total. The number of carbonyl (C=O) groups excluding carboxylic acids is 2. The van der Waals surface area contributed by atoms with Crippen LogP contribution >= 0.6 is 11.3 Å². The van der Waals surface area contributed by atoms with E-state index in [0.29, 0.717) is 30.6 Å². The van der Waals surface area contributed by atoms with Crippen molar-refractivity contribution in [3.8, 4) is 0 Å². The zero-order valence-electron chi connectivity index (χ0n) is 17.0. The summed E-state index contributed by atoms with van der Waals surface area (Å²) in [5, 5.41) is 9.31. The van der Waals surface area contributed by atoms with Gasteiger partial charge >= 0.3 is 0 Å². The first kappa shape index (κ1) is 19.2. The molecule has 2 saturated heterocycles. The number of carbonyl (C=O) groups is 2. The highest BCUT2D eigenvalue weighted by atomic mass is 32.1. The molecule has 2 amide bonds. The van der Waals surface area contributed by atoms with Crippen LogP contribution in [0.5, 0.6) is 0 Å². The van der Waals surface area contributed by atoms with Crippen molar-refractivity contribution < 1.29 is 9.59 Å². The Morgan fingerprint density at radius 1 is 1.33 bits per heavy atom. The van der Waals surface area contributed by atoms with Crippen LogP contribution in [0.25, 0.3) is 5.65 Å². The van der Waals surface area contributed by atoms with Crippen LogP contribution in [0.3, 0.4) is 0 Å². The number of hydrogen-bond acceptors (Lipinski definition) is 6. The lowest BCUT2D eigenvalue weighted by Gasteiger charge is -2.35. The molecule has 5 heterocycles. The third-order valence-electron chi connectivity index (χ3n) is 6.63. The van der Waals surface area contributed by atoms with Crippen molar-refractivity contribution in [2.75, 3.05) is 6.54 Å². The third-order valence-corrected chi connectivity index (χ3v) is 7.27. The average Bonchev–Trinajstić information content (AvgIpc) is 3.52. The zero-order chi connectivity index (χ0) is 20.9. The van der Waals surface area contributed by atoms with Gasteiger partial charge in [-0.1, -0.05) is 0 Å². The van der Waals surface area contributed by atoms with Gasteiger partial charge in [-0.2, -0.15) is 5.10 Å². The van der Waals surface area contributed by atoms with Gasteiger partial charge in [-0.3, -0.25) is 9.59 Å². The van der Waals surface area contributed by atoms with Gasteiger partial charge in [-0.25, -0.2) is 14.5 Å². The lowest BCUT2D eigenvalue weighted by atomic mass is 9.70. The minimum Gasteiger partial charge on any atom is -0.356 e. The van der Waals surface area contributed by atoms with E-state index >= 15 is 0 Å². The summed E-state index contributed by atoms with van der Waals surface area (Å²) in [5.74, 6) is -0.0327. The fourth-order valence-corrected chi connectivity index (χ4v) is 5.89. The highest BCUT2D eigenvalue weighted by Gasteiger charge is 2.61. The molecule has 0 saturated carbocycles. The zero-order valence-corrected chi connectivity index (χ0v) is 17.9. The predicted molar refractivity (Wildman–Crippen MR) is 112 cm³/mol. The summed E-state index contributed by atoms with van der Waals surface area (Å²) in [4.78, 5) is 37.7. The van der Waals surface area contributed by atoms with Gasteiger partial charge in [-0.15, -0.1) is 11.3 Å². The van der Waals surface area contributed by atoms with Gasteiger partial charge in [0.15, 0.2) is 5.65 Å². The molecule has 156 valence electrons. The van der Waals surface area contributed by atoms with Crippen LogP contribution in [0.15, 0.2) is 29.4 Å². The number of amides is 2. The minimum atomic E-state index is -0.639. The highest BCUT2D eigenvalue weighted by Crippen LogP contribution is 2.52. The second kappa shape index (κ2) is 7.16. The number of aryl methyl sites for hydroxylation is 1. The Labute approximate surface area is 178 Å². The number of nitrogens with zero attached hydrogens (tertiary/aromatic N) is 5. The van der Waals surface area contributed by atoms with Crippen molar-refractivity contribution in [1.29, 1.82) is 0 Å². The van der Waals surface area contributed by atoms with Gasteiger partial charge in [0.05, 0.1) is 34.1 Å². The van der Waals surface area contributed by atoms with Crippen LogP contribution in [0.2, 0.25) is 0 Å². The molecule has 2 aliphatic rings. The quantitative estimate of drug-likeness (QED) is 0.678. The van der Waals surface area contributed by atoms with Crippen molar-refractivity contribution in [2.45, 2.75) is 51.6 Å². The van der Waals surface area contributed by atoms with Gasteiger partial charge in [0.2, 0.25) is 5.91 Å². The Hall–Kier alpha value is -2.81. The first-order valence-corrected chi connectivity index (χ1v) is 11.3. The molecule has 0 radical (unpaired) electrons. The van der Waals surface area contributed by atoms with Gasteiger partial charge in [0, 0.05) is 42.7 Å². The minimum absolute atomic E-state index is 0.0281. The van der Waals surface area contributed by atoms with Gasteiger partial charge in [-0.05, 0) is 33.1 Å². The molecule has 9 heteroatoms. The molecule has 2 fully saturated rings. The molecule has 3 aromatic heterocycles. The summed E-state index contributed by atoms with van der Waals surface area (Å²) in [6, 6.07) is 1.72. The summed E-state index contributed by atoms with van der Waals surface area (Å²) in [6.45, 7) is 4.39. The number of aromatic nitrogens is 4. The van der Waals surface area contributed by atoms with Crippen LogP contribution in [-0.2, 0) is 11.2 Å². The van der Waals surface area contributed by atoms with Crippen molar-refractivity contribution in [1.82, 2.24) is 29.8 Å². The molecule has 0 spiro atoms. The summed E-state index contributed by atoms with van der Waals surface area (Å²) in [7, 11) is 0. The van der Waals surface area contributed by atoms with E-state index < -0.39 is 5.41 Å². The van der Waals surface area contributed by atoms with E-state index in [-0.39, 0.29) is 23.9 Å². The number of nitrogens with one attached hydrogen (secondary N) is 1. The molecule has 3 atom stereocenters. The van der Waals surface area contributed by atoms with Crippen LogP contribution in [0.4, 0.5) is 0 Å². The number of rotatable bonds is 5. The average molecular weight is 425 g/mol. The topological polar surface area (TPSA) is 92.5 Å². The Balaban J connectivity index is 1.52. The number of thiazole rings is 1. The van der Waals surface area contributed by atoms with Crippen molar-refractivity contribution >= 4 is 28.8 Å². The first-order chi connectivity index (χ1) is 14.5. The molecule has 2 bridgehead atoms. The molecule has 2 aliphatic heterocycles. The van der Waals surface area contributed by atoms with Crippen molar-refractivity contribution in [3.63, 3.8) is 0 Å². The van der Waals surface area contributed by atoms with E-state index in [2.05, 4.69) is 20.4 Å². The van der Waals surface area contributed by atoms with Gasteiger partial charge in [0.25, 0.3) is 5.91 Å². The van der Waals surface area contributed by atoms with Gasteiger partial charge in [0.1, 0.15) is 0 Å². The van der Waals surface area contributed by atoms with Gasteiger partial charge < -0.3 is 10.2 Å². The lowest BCUT2D eigenvalue weighted by molar-refractivity contribution is -0.132. The highest BCUT2D eigenvalue weighted by molar-refractivity contribution is 7.07. The van der Waals surface area contributed by atoms with E-state index in [1.165, 1.54) is 11.3 Å². The van der Waals surface area contributed by atoms with Crippen LogP contribution < -0.4 is 5.32 Å². The van der Waals surface area contributed by atoms with Crippen LogP contribution in [0.1, 0.15) is 47.9 Å². The Bertz CT molecular complexity index is 1110. The van der Waals surface area contributed by atoms with E-state index in [0.717, 1.165) is 24.2 Å². The largest absolute Gasteiger partial charge is 0.356 e. The molecular formula is C21H24N6O2S. The maximum atomic E-state index is 13.7. The van der Waals surface area contributed by atoms with Crippen LogP contribution in [-0.4, -0.2) is 54.9 Å². The van der Waals surface area contributed by atoms with E-state index in [1.54, 1.807) is 22.4 Å². The summed E-state index contributed by atoms with van der Waals surface area (Å²) in [5.41, 5.74) is 4.11. The fraction of sp³-hybridized carbons (Fsp3) is 0.476. The second-order valence-electron chi connectivity index (χ2n) is 8.19. The summed E-state index contributed by atoms with van der Waals surface area (Å²) in [6.07, 6.45) is 6.29. The maximum absolute atomic E-state index is 13.7. The second-order valence-corrected chi connectivity index (χ2v) is 8.91. The van der Waals surface area contributed by atoms with E-state index in [4.69, 9.17) is 0 Å². The number of fused-ring (bicyclic) bond motifs is 3. The maximum Gasteiger partial charge on any atom is 0.257 e. The number of hydrogen-bond donors (Lipinski definition) is 1. The summed E-state index contributed by atoms with van der Waals surface area (Å²) < 4.78 is 1.69. The molecule has 0 unspecified atom stereocenters. The molecule has 30 heavy (non-hydrogen) atoms. The van der Waals surface area contributed by atoms with Crippen LogP contribution in [0, 0.1) is 12.3 Å². The Morgan fingerprint density at radius 2 is 2.20 bits per heavy atom.